The number of ether oxygens (including phenoxy) is 1. The summed E-state index contributed by atoms with van der Waals surface area (Å²) in [5.74, 6) is 0.498. The molecule has 5 nitrogen and oxygen atoms in total. The molecule has 1 aromatic carbocycles. The summed E-state index contributed by atoms with van der Waals surface area (Å²) in [5, 5.41) is 3.17. The molecule has 1 heterocycles. The molecular formula is C18H30N4O. The monoisotopic (exact) mass is 318 g/mol. The molecule has 128 valence electrons. The van der Waals surface area contributed by atoms with Gasteiger partial charge in [0.25, 0.3) is 0 Å². The number of guanidine groups is 1. The molecule has 2 rings (SSSR count). The van der Waals surface area contributed by atoms with Gasteiger partial charge in [0.15, 0.2) is 5.96 Å². The van der Waals surface area contributed by atoms with Gasteiger partial charge in [-0.2, -0.15) is 0 Å². The Kier molecular flexibility index (Phi) is 6.86. The van der Waals surface area contributed by atoms with Crippen molar-refractivity contribution in [1.82, 2.24) is 10.2 Å². The van der Waals surface area contributed by atoms with Crippen molar-refractivity contribution >= 4 is 5.96 Å². The van der Waals surface area contributed by atoms with Crippen molar-refractivity contribution in [3.63, 3.8) is 0 Å². The van der Waals surface area contributed by atoms with E-state index in [9.17, 15) is 0 Å². The van der Waals surface area contributed by atoms with E-state index in [2.05, 4.69) is 60.5 Å². The third-order valence-corrected chi connectivity index (χ3v) is 4.37. The summed E-state index contributed by atoms with van der Waals surface area (Å²) in [6.07, 6.45) is 3.57. The van der Waals surface area contributed by atoms with Gasteiger partial charge in [0.1, 0.15) is 0 Å². The molecule has 0 spiro atoms. The number of likely N-dealkylation sites (N-methyl/N-ethyl adjacent to an activating group) is 1. The van der Waals surface area contributed by atoms with Crippen LogP contribution in [0.5, 0.6) is 0 Å². The minimum Gasteiger partial charge on any atom is -0.376 e. The first kappa shape index (κ1) is 17.8. The predicted molar refractivity (Wildman–Crippen MR) is 95.7 cm³/mol. The van der Waals surface area contributed by atoms with Gasteiger partial charge >= 0.3 is 0 Å². The minimum absolute atomic E-state index is 0.226. The predicted octanol–water partition coefficient (Wildman–Crippen LogP) is 1.94. The number of hydrogen-bond acceptors (Lipinski definition) is 3. The third kappa shape index (κ3) is 5.52. The molecule has 2 atom stereocenters. The fourth-order valence-corrected chi connectivity index (χ4v) is 2.81. The van der Waals surface area contributed by atoms with E-state index in [1.54, 1.807) is 0 Å². The highest BCUT2D eigenvalue weighted by molar-refractivity contribution is 5.77. The van der Waals surface area contributed by atoms with Crippen molar-refractivity contribution in [2.75, 3.05) is 33.8 Å². The topological polar surface area (TPSA) is 62.9 Å². The standard InChI is InChI=1S/C18H30N4O/c1-4-14-7-9-15(10-8-14)17(22(2)3)13-21-18(19)20-12-16-6-5-11-23-16/h7-10,16-17H,4-6,11-13H2,1-3H3,(H3,19,20,21). The number of nitrogens with one attached hydrogen (secondary N) is 1. The molecule has 0 bridgehead atoms. The summed E-state index contributed by atoms with van der Waals surface area (Å²) < 4.78 is 5.58. The minimum atomic E-state index is 0.226. The Morgan fingerprint density at radius 3 is 2.70 bits per heavy atom. The van der Waals surface area contributed by atoms with Crippen LogP contribution in [-0.2, 0) is 11.2 Å². The van der Waals surface area contributed by atoms with Crippen molar-refractivity contribution in [2.45, 2.75) is 38.3 Å². The van der Waals surface area contributed by atoms with E-state index in [1.165, 1.54) is 11.1 Å². The Bertz CT molecular complexity index is 492. The lowest BCUT2D eigenvalue weighted by molar-refractivity contribution is 0.114. The second kappa shape index (κ2) is 8.89. The molecule has 1 aromatic rings. The Balaban J connectivity index is 1.90. The molecule has 0 aliphatic carbocycles. The zero-order chi connectivity index (χ0) is 16.7. The molecule has 3 N–H and O–H groups in total. The van der Waals surface area contributed by atoms with Crippen molar-refractivity contribution < 1.29 is 4.74 Å². The summed E-state index contributed by atoms with van der Waals surface area (Å²) in [7, 11) is 4.15. The molecule has 1 fully saturated rings. The number of benzene rings is 1. The smallest absolute Gasteiger partial charge is 0.188 e. The molecule has 1 aliphatic heterocycles. The van der Waals surface area contributed by atoms with Crippen LogP contribution in [0.25, 0.3) is 0 Å². The van der Waals surface area contributed by atoms with Gasteiger partial charge in [-0.3, -0.25) is 4.99 Å². The largest absolute Gasteiger partial charge is 0.376 e. The van der Waals surface area contributed by atoms with E-state index in [0.29, 0.717) is 12.5 Å². The van der Waals surface area contributed by atoms with Crippen molar-refractivity contribution in [1.29, 1.82) is 0 Å². The number of aryl methyl sites for hydroxylation is 1. The Morgan fingerprint density at radius 1 is 1.39 bits per heavy atom. The number of nitrogens with two attached hydrogens (primary N) is 1. The molecule has 0 radical (unpaired) electrons. The zero-order valence-corrected chi connectivity index (χ0v) is 14.6. The number of nitrogens with zero attached hydrogens (tertiary/aromatic N) is 2. The van der Waals surface area contributed by atoms with Gasteiger partial charge in [0, 0.05) is 13.2 Å². The van der Waals surface area contributed by atoms with Crippen LogP contribution in [0.3, 0.4) is 0 Å². The van der Waals surface area contributed by atoms with Gasteiger partial charge in [-0.1, -0.05) is 31.2 Å². The maximum absolute atomic E-state index is 5.99. The lowest BCUT2D eigenvalue weighted by Gasteiger charge is -2.23. The van der Waals surface area contributed by atoms with Gasteiger partial charge in [-0.05, 0) is 44.5 Å². The molecule has 5 heteroatoms. The second-order valence-corrected chi connectivity index (χ2v) is 6.32. The highest BCUT2D eigenvalue weighted by Gasteiger charge is 2.16. The first-order valence-electron chi connectivity index (χ1n) is 8.50. The van der Waals surface area contributed by atoms with E-state index in [0.717, 1.165) is 32.4 Å². The Labute approximate surface area is 139 Å². The van der Waals surface area contributed by atoms with Crippen LogP contribution in [0.4, 0.5) is 0 Å². The fraction of sp³-hybridized carbons (Fsp3) is 0.611. The van der Waals surface area contributed by atoms with Crippen molar-refractivity contribution in [2.24, 2.45) is 10.7 Å². The van der Waals surface area contributed by atoms with Gasteiger partial charge < -0.3 is 20.7 Å². The van der Waals surface area contributed by atoms with Crippen molar-refractivity contribution in [3.05, 3.63) is 35.4 Å². The summed E-state index contributed by atoms with van der Waals surface area (Å²) in [6, 6.07) is 8.98. The highest BCUT2D eigenvalue weighted by Crippen LogP contribution is 2.19. The second-order valence-electron chi connectivity index (χ2n) is 6.32. The van der Waals surface area contributed by atoms with Gasteiger partial charge in [0.2, 0.25) is 0 Å². The average molecular weight is 318 g/mol. The van der Waals surface area contributed by atoms with Crippen LogP contribution >= 0.6 is 0 Å². The summed E-state index contributed by atoms with van der Waals surface area (Å²) in [5.41, 5.74) is 8.61. The van der Waals surface area contributed by atoms with E-state index >= 15 is 0 Å². The molecule has 1 aliphatic rings. The van der Waals surface area contributed by atoms with Crippen LogP contribution in [-0.4, -0.2) is 50.8 Å². The van der Waals surface area contributed by atoms with Gasteiger partial charge in [0.05, 0.1) is 18.7 Å². The molecule has 2 unspecified atom stereocenters. The van der Waals surface area contributed by atoms with Crippen LogP contribution in [0, 0.1) is 0 Å². The summed E-state index contributed by atoms with van der Waals surface area (Å²) >= 11 is 0. The van der Waals surface area contributed by atoms with Gasteiger partial charge in [-0.25, -0.2) is 0 Å². The number of rotatable bonds is 7. The molecule has 23 heavy (non-hydrogen) atoms. The zero-order valence-electron chi connectivity index (χ0n) is 14.6. The van der Waals surface area contributed by atoms with Crippen LogP contribution in [0.15, 0.2) is 29.3 Å². The maximum Gasteiger partial charge on any atom is 0.188 e. The van der Waals surface area contributed by atoms with Crippen LogP contribution in [0.2, 0.25) is 0 Å². The first-order chi connectivity index (χ1) is 11.1. The molecule has 1 saturated heterocycles. The number of hydrogen-bond donors (Lipinski definition) is 2. The normalized spacial score (nSPS) is 20.0. The molecule has 0 aromatic heterocycles. The van der Waals surface area contributed by atoms with E-state index in [4.69, 9.17) is 10.5 Å². The van der Waals surface area contributed by atoms with E-state index < -0.39 is 0 Å². The SMILES string of the molecule is CCc1ccc(C(CN=C(N)NCC2CCCO2)N(C)C)cc1. The lowest BCUT2D eigenvalue weighted by Crippen LogP contribution is -2.38. The first-order valence-corrected chi connectivity index (χ1v) is 8.50. The molecule has 0 amide bonds. The maximum atomic E-state index is 5.99. The summed E-state index contributed by atoms with van der Waals surface area (Å²) in [4.78, 5) is 6.69. The Hall–Kier alpha value is -1.59. The highest BCUT2D eigenvalue weighted by atomic mass is 16.5. The fourth-order valence-electron chi connectivity index (χ4n) is 2.81. The van der Waals surface area contributed by atoms with E-state index in [1.807, 2.05) is 0 Å². The molecule has 0 saturated carbocycles. The van der Waals surface area contributed by atoms with Crippen molar-refractivity contribution in [3.8, 4) is 0 Å². The lowest BCUT2D eigenvalue weighted by atomic mass is 10.0. The van der Waals surface area contributed by atoms with Crippen LogP contribution < -0.4 is 11.1 Å². The molecular weight excluding hydrogens is 288 g/mol. The summed E-state index contributed by atoms with van der Waals surface area (Å²) in [6.45, 7) is 4.42. The van der Waals surface area contributed by atoms with Crippen LogP contribution in [0.1, 0.15) is 36.9 Å². The Morgan fingerprint density at radius 2 is 2.13 bits per heavy atom. The quantitative estimate of drug-likeness (QED) is 0.596. The van der Waals surface area contributed by atoms with Gasteiger partial charge in [-0.15, -0.1) is 0 Å². The number of aliphatic imine (C=N–C) groups is 1. The average Bonchev–Trinajstić information content (AvgIpc) is 3.07. The third-order valence-electron chi connectivity index (χ3n) is 4.37. The van der Waals surface area contributed by atoms with E-state index in [-0.39, 0.29) is 12.1 Å².